The highest BCUT2D eigenvalue weighted by atomic mass is 79.9. The van der Waals surface area contributed by atoms with Crippen LogP contribution in [0, 0.1) is 0 Å². The van der Waals surface area contributed by atoms with Gasteiger partial charge in [0.1, 0.15) is 6.04 Å². The molecule has 0 aromatic heterocycles. The first-order valence-corrected chi connectivity index (χ1v) is 5.17. The zero-order valence-electron chi connectivity index (χ0n) is 8.41. The van der Waals surface area contributed by atoms with E-state index in [0.29, 0.717) is 0 Å². The van der Waals surface area contributed by atoms with Crippen molar-refractivity contribution in [3.8, 4) is 0 Å². The first kappa shape index (κ1) is 13.9. The summed E-state index contributed by atoms with van der Waals surface area (Å²) in [5, 5.41) is 2.36. The average Bonchev–Trinajstić information content (AvgIpc) is 2.26. The van der Waals surface area contributed by atoms with E-state index in [1.165, 1.54) is 14.2 Å². The number of hydrogen-bond donors (Lipinski definition) is 1. The molecule has 1 N–H and O–H groups in total. The van der Waals surface area contributed by atoms with Crippen LogP contribution in [0.5, 0.6) is 0 Å². The van der Waals surface area contributed by atoms with Gasteiger partial charge in [0.05, 0.1) is 26.0 Å². The largest absolute Gasteiger partial charge is 0.469 e. The third-order valence-corrected chi connectivity index (χ3v) is 2.05. The van der Waals surface area contributed by atoms with Crippen LogP contribution in [0.25, 0.3) is 0 Å². The maximum Gasteiger partial charge on any atom is 0.328 e. The van der Waals surface area contributed by atoms with Gasteiger partial charge in [0.25, 0.3) is 0 Å². The van der Waals surface area contributed by atoms with E-state index < -0.39 is 23.9 Å². The van der Waals surface area contributed by atoms with E-state index >= 15 is 0 Å². The highest BCUT2D eigenvalue weighted by molar-refractivity contribution is 9.09. The summed E-state index contributed by atoms with van der Waals surface area (Å²) in [7, 11) is 2.37. The van der Waals surface area contributed by atoms with Crippen molar-refractivity contribution in [1.29, 1.82) is 0 Å². The van der Waals surface area contributed by atoms with Crippen molar-refractivity contribution in [2.45, 2.75) is 12.5 Å². The molecule has 0 radical (unpaired) electrons. The molecule has 0 spiro atoms. The zero-order valence-corrected chi connectivity index (χ0v) is 10.00. The number of carbonyl (C=O) groups excluding carboxylic acids is 3. The maximum absolute atomic E-state index is 11.2. The number of alkyl halides is 1. The quantitative estimate of drug-likeness (QED) is 0.548. The minimum absolute atomic E-state index is 0.0433. The van der Waals surface area contributed by atoms with Gasteiger partial charge in [-0.25, -0.2) is 4.79 Å². The molecule has 1 amide bonds. The molecule has 0 aliphatic rings. The van der Waals surface area contributed by atoms with E-state index in [2.05, 4.69) is 30.7 Å². The lowest BCUT2D eigenvalue weighted by Gasteiger charge is -2.14. The van der Waals surface area contributed by atoms with E-state index in [-0.39, 0.29) is 11.8 Å². The number of amides is 1. The van der Waals surface area contributed by atoms with Crippen molar-refractivity contribution >= 4 is 33.8 Å². The van der Waals surface area contributed by atoms with Gasteiger partial charge in [-0.15, -0.1) is 0 Å². The summed E-state index contributed by atoms with van der Waals surface area (Å²) in [6.45, 7) is 0. The van der Waals surface area contributed by atoms with Crippen molar-refractivity contribution in [3.63, 3.8) is 0 Å². The number of rotatable bonds is 5. The summed E-state index contributed by atoms with van der Waals surface area (Å²) < 4.78 is 8.81. The summed E-state index contributed by atoms with van der Waals surface area (Å²) in [6.07, 6.45) is -0.248. The monoisotopic (exact) mass is 281 g/mol. The zero-order chi connectivity index (χ0) is 11.8. The summed E-state index contributed by atoms with van der Waals surface area (Å²) >= 11 is 2.92. The van der Waals surface area contributed by atoms with Crippen molar-refractivity contribution in [2.75, 3.05) is 19.5 Å². The molecule has 0 aromatic carbocycles. The van der Waals surface area contributed by atoms with Crippen LogP contribution in [0.15, 0.2) is 0 Å². The van der Waals surface area contributed by atoms with Crippen molar-refractivity contribution in [3.05, 3.63) is 0 Å². The van der Waals surface area contributed by atoms with Gasteiger partial charge in [-0.05, 0) is 0 Å². The van der Waals surface area contributed by atoms with Crippen LogP contribution in [-0.4, -0.2) is 43.4 Å². The Morgan fingerprint density at radius 2 is 1.87 bits per heavy atom. The predicted molar refractivity (Wildman–Crippen MR) is 54.4 cm³/mol. The van der Waals surface area contributed by atoms with Gasteiger partial charge in [-0.1, -0.05) is 15.9 Å². The molecule has 15 heavy (non-hydrogen) atoms. The summed E-state index contributed by atoms with van der Waals surface area (Å²) in [5.41, 5.74) is 0. The van der Waals surface area contributed by atoms with Gasteiger partial charge in [0, 0.05) is 0 Å². The maximum atomic E-state index is 11.2. The number of carbonyl (C=O) groups is 3. The number of hydrogen-bond acceptors (Lipinski definition) is 5. The molecular weight excluding hydrogens is 270 g/mol. The lowest BCUT2D eigenvalue weighted by Crippen LogP contribution is -2.43. The fourth-order valence-corrected chi connectivity index (χ4v) is 0.980. The third kappa shape index (κ3) is 5.36. The van der Waals surface area contributed by atoms with Crippen LogP contribution < -0.4 is 5.32 Å². The minimum atomic E-state index is -1.01. The molecule has 0 saturated heterocycles. The summed E-state index contributed by atoms with van der Waals surface area (Å²) in [4.78, 5) is 33.1. The Kier molecular flexibility index (Phi) is 6.68. The second kappa shape index (κ2) is 7.22. The Balaban J connectivity index is 4.37. The second-order valence-corrected chi connectivity index (χ2v) is 3.12. The van der Waals surface area contributed by atoms with Crippen LogP contribution in [0.4, 0.5) is 0 Å². The molecule has 0 heterocycles. The Bertz CT molecular complexity index is 237. The number of methoxy groups -OCH3 is 2. The molecule has 7 heteroatoms. The van der Waals surface area contributed by atoms with Gasteiger partial charge in [-0.3, -0.25) is 9.59 Å². The van der Waals surface area contributed by atoms with Gasteiger partial charge < -0.3 is 14.8 Å². The number of ether oxygens (including phenoxy) is 2. The smallest absolute Gasteiger partial charge is 0.328 e. The molecule has 0 bridgehead atoms. The van der Waals surface area contributed by atoms with Crippen LogP contribution in [0.1, 0.15) is 6.42 Å². The molecule has 86 valence electrons. The molecule has 0 aliphatic carbocycles. The van der Waals surface area contributed by atoms with Crippen molar-refractivity contribution in [2.24, 2.45) is 0 Å². The van der Waals surface area contributed by atoms with E-state index in [0.717, 1.165) is 0 Å². The van der Waals surface area contributed by atoms with Crippen LogP contribution in [0.2, 0.25) is 0 Å². The van der Waals surface area contributed by atoms with E-state index in [1.54, 1.807) is 0 Å². The second-order valence-electron chi connectivity index (χ2n) is 2.56. The Labute approximate surface area is 95.4 Å². The molecule has 0 rings (SSSR count). The van der Waals surface area contributed by atoms with Crippen LogP contribution >= 0.6 is 15.9 Å². The lowest BCUT2D eigenvalue weighted by molar-refractivity contribution is -0.150. The first-order chi connectivity index (χ1) is 7.04. The normalized spacial score (nSPS) is 11.4. The van der Waals surface area contributed by atoms with Crippen molar-refractivity contribution < 1.29 is 23.9 Å². The first-order valence-electron chi connectivity index (χ1n) is 4.05. The number of esters is 2. The fourth-order valence-electron chi connectivity index (χ4n) is 0.818. The molecule has 0 aliphatic heterocycles. The Morgan fingerprint density at radius 1 is 1.27 bits per heavy atom. The standard InChI is InChI=1S/C8H12BrNO5/c1-14-7(12)3-5(8(13)15-2)10-6(11)4-9/h5H,3-4H2,1-2H3,(H,10,11)/t5-/m0/s1. The highest BCUT2D eigenvalue weighted by Crippen LogP contribution is 1.98. The van der Waals surface area contributed by atoms with Gasteiger partial charge in [0.2, 0.25) is 5.91 Å². The number of nitrogens with one attached hydrogen (secondary N) is 1. The minimum Gasteiger partial charge on any atom is -0.469 e. The molecule has 6 nitrogen and oxygen atoms in total. The number of halogens is 1. The highest BCUT2D eigenvalue weighted by Gasteiger charge is 2.24. The van der Waals surface area contributed by atoms with Crippen LogP contribution in [0.3, 0.4) is 0 Å². The Hall–Kier alpha value is -1.11. The molecule has 0 fully saturated rings. The lowest BCUT2D eigenvalue weighted by atomic mass is 10.2. The summed E-state index contributed by atoms with van der Waals surface area (Å²) in [5.74, 6) is -1.69. The van der Waals surface area contributed by atoms with E-state index in [1.807, 2.05) is 0 Å². The molecule has 1 atom stereocenters. The predicted octanol–water partition coefficient (Wildman–Crippen LogP) is -0.398. The third-order valence-electron chi connectivity index (χ3n) is 1.54. The van der Waals surface area contributed by atoms with Gasteiger partial charge in [-0.2, -0.15) is 0 Å². The van der Waals surface area contributed by atoms with Gasteiger partial charge in [0.15, 0.2) is 0 Å². The van der Waals surface area contributed by atoms with Crippen molar-refractivity contribution in [1.82, 2.24) is 5.32 Å². The molecular formula is C8H12BrNO5. The Morgan fingerprint density at radius 3 is 2.27 bits per heavy atom. The molecule has 0 unspecified atom stereocenters. The van der Waals surface area contributed by atoms with E-state index in [9.17, 15) is 14.4 Å². The average molecular weight is 282 g/mol. The fraction of sp³-hybridized carbons (Fsp3) is 0.625. The molecule has 0 saturated carbocycles. The summed E-state index contributed by atoms with van der Waals surface area (Å²) in [6, 6.07) is -1.01. The molecule has 0 aromatic rings. The topological polar surface area (TPSA) is 81.7 Å². The van der Waals surface area contributed by atoms with Crippen LogP contribution in [-0.2, 0) is 23.9 Å². The van der Waals surface area contributed by atoms with Gasteiger partial charge >= 0.3 is 11.9 Å². The van der Waals surface area contributed by atoms with E-state index in [4.69, 9.17) is 0 Å². The SMILES string of the molecule is COC(=O)C[C@H](NC(=O)CBr)C(=O)OC.